The van der Waals surface area contributed by atoms with Gasteiger partial charge < -0.3 is 10.1 Å². The molecule has 1 aromatic rings. The summed E-state index contributed by atoms with van der Waals surface area (Å²) in [6.45, 7) is 4.46. The maximum Gasteiger partial charge on any atom is 0.339 e. The van der Waals surface area contributed by atoms with Crippen molar-refractivity contribution in [3.8, 4) is 0 Å². The lowest BCUT2D eigenvalue weighted by molar-refractivity contribution is 0.0526. The van der Waals surface area contributed by atoms with E-state index in [2.05, 4.69) is 17.2 Å². The minimum Gasteiger partial charge on any atom is -0.462 e. The predicted molar refractivity (Wildman–Crippen MR) is 70.6 cm³/mol. The number of hydrogen-bond donors (Lipinski definition) is 1. The van der Waals surface area contributed by atoms with Crippen LogP contribution in [0.25, 0.3) is 0 Å². The Kier molecular flexibility index (Phi) is 4.18. The normalized spacial score (nSPS) is 22.8. The van der Waals surface area contributed by atoms with Crippen LogP contribution in [0.3, 0.4) is 0 Å². The van der Waals surface area contributed by atoms with E-state index < -0.39 is 0 Å². The Hall–Kier alpha value is -1.58. The van der Waals surface area contributed by atoms with Crippen molar-refractivity contribution in [2.75, 3.05) is 11.9 Å². The molecule has 0 aliphatic heterocycles. The molecule has 2 unspecified atom stereocenters. The van der Waals surface area contributed by atoms with Gasteiger partial charge in [-0.05, 0) is 44.2 Å². The van der Waals surface area contributed by atoms with Crippen molar-refractivity contribution in [3.63, 3.8) is 0 Å². The zero-order chi connectivity index (χ0) is 13.0. The zero-order valence-electron chi connectivity index (χ0n) is 11.0. The van der Waals surface area contributed by atoms with Crippen LogP contribution in [0.1, 0.15) is 43.5 Å². The molecular formula is C14H20N2O2. The Morgan fingerprint density at radius 1 is 1.50 bits per heavy atom. The molecule has 1 heterocycles. The monoisotopic (exact) mass is 248 g/mol. The highest BCUT2D eigenvalue weighted by Gasteiger charge is 2.21. The fourth-order valence-electron chi connectivity index (χ4n) is 2.36. The van der Waals surface area contributed by atoms with Gasteiger partial charge in [0.25, 0.3) is 0 Å². The second-order valence-electron chi connectivity index (χ2n) is 4.91. The molecule has 1 aliphatic rings. The number of anilines is 1. The lowest BCUT2D eigenvalue weighted by Gasteiger charge is -2.13. The molecule has 98 valence electrons. The minimum atomic E-state index is -0.314. The lowest BCUT2D eigenvalue weighted by Crippen LogP contribution is -2.16. The van der Waals surface area contributed by atoms with Crippen LogP contribution in [0.5, 0.6) is 0 Å². The van der Waals surface area contributed by atoms with Gasteiger partial charge in [-0.25, -0.2) is 9.78 Å². The van der Waals surface area contributed by atoms with Crippen molar-refractivity contribution in [1.29, 1.82) is 0 Å². The van der Waals surface area contributed by atoms with Gasteiger partial charge in [-0.15, -0.1) is 0 Å². The summed E-state index contributed by atoms with van der Waals surface area (Å²) >= 11 is 0. The molecule has 1 fully saturated rings. The Morgan fingerprint density at radius 2 is 2.33 bits per heavy atom. The van der Waals surface area contributed by atoms with Crippen LogP contribution in [0.2, 0.25) is 0 Å². The summed E-state index contributed by atoms with van der Waals surface area (Å²) in [5.74, 6) is 1.31. The largest absolute Gasteiger partial charge is 0.462 e. The molecule has 1 saturated carbocycles. The van der Waals surface area contributed by atoms with Gasteiger partial charge in [-0.2, -0.15) is 0 Å². The first kappa shape index (κ1) is 12.9. The van der Waals surface area contributed by atoms with Gasteiger partial charge in [-0.3, -0.25) is 0 Å². The molecule has 2 rings (SSSR count). The number of rotatable bonds is 4. The number of esters is 1. The third-order valence-electron chi connectivity index (χ3n) is 3.32. The second-order valence-corrected chi connectivity index (χ2v) is 4.91. The molecule has 1 aromatic heterocycles. The van der Waals surface area contributed by atoms with Gasteiger partial charge in [-0.1, -0.05) is 6.92 Å². The SMILES string of the molecule is CCOC(=O)c1ccc(NC2CCC(C)C2)nc1. The molecule has 1 aliphatic carbocycles. The average Bonchev–Trinajstić information content (AvgIpc) is 2.76. The first-order valence-electron chi connectivity index (χ1n) is 6.58. The van der Waals surface area contributed by atoms with E-state index in [4.69, 9.17) is 4.74 Å². The standard InChI is InChI=1S/C14H20N2O2/c1-3-18-14(17)11-5-7-13(15-9-11)16-12-6-4-10(2)8-12/h5,7,9-10,12H,3-4,6,8H2,1-2H3,(H,15,16). The summed E-state index contributed by atoms with van der Waals surface area (Å²) in [4.78, 5) is 15.7. The number of carbonyl (C=O) groups is 1. The molecule has 2 atom stereocenters. The van der Waals surface area contributed by atoms with E-state index in [9.17, 15) is 4.79 Å². The highest BCUT2D eigenvalue weighted by atomic mass is 16.5. The molecule has 0 saturated heterocycles. The van der Waals surface area contributed by atoms with Crippen LogP contribution in [0.15, 0.2) is 18.3 Å². The maximum atomic E-state index is 11.5. The van der Waals surface area contributed by atoms with E-state index in [1.807, 2.05) is 6.07 Å². The van der Waals surface area contributed by atoms with Gasteiger partial charge >= 0.3 is 5.97 Å². The molecule has 0 aromatic carbocycles. The number of hydrogen-bond acceptors (Lipinski definition) is 4. The van der Waals surface area contributed by atoms with Crippen LogP contribution >= 0.6 is 0 Å². The van der Waals surface area contributed by atoms with E-state index in [0.717, 1.165) is 11.7 Å². The average molecular weight is 248 g/mol. The smallest absolute Gasteiger partial charge is 0.339 e. The van der Waals surface area contributed by atoms with Gasteiger partial charge in [0.15, 0.2) is 0 Å². The topological polar surface area (TPSA) is 51.2 Å². The minimum absolute atomic E-state index is 0.314. The van der Waals surface area contributed by atoms with Crippen molar-refractivity contribution < 1.29 is 9.53 Å². The highest BCUT2D eigenvalue weighted by molar-refractivity contribution is 5.89. The van der Waals surface area contributed by atoms with Gasteiger partial charge in [0.1, 0.15) is 5.82 Å². The van der Waals surface area contributed by atoms with Crippen molar-refractivity contribution in [1.82, 2.24) is 4.98 Å². The first-order valence-corrected chi connectivity index (χ1v) is 6.58. The fourth-order valence-corrected chi connectivity index (χ4v) is 2.36. The summed E-state index contributed by atoms with van der Waals surface area (Å²) in [5.41, 5.74) is 0.502. The van der Waals surface area contributed by atoms with Crippen LogP contribution in [-0.2, 0) is 4.74 Å². The van der Waals surface area contributed by atoms with Crippen LogP contribution in [-0.4, -0.2) is 23.6 Å². The molecule has 0 radical (unpaired) electrons. The lowest BCUT2D eigenvalue weighted by atomic mass is 10.1. The maximum absolute atomic E-state index is 11.5. The highest BCUT2D eigenvalue weighted by Crippen LogP contribution is 2.26. The van der Waals surface area contributed by atoms with Crippen LogP contribution < -0.4 is 5.32 Å². The zero-order valence-corrected chi connectivity index (χ0v) is 11.0. The van der Waals surface area contributed by atoms with Gasteiger partial charge in [0.05, 0.1) is 12.2 Å². The first-order chi connectivity index (χ1) is 8.69. The van der Waals surface area contributed by atoms with Crippen LogP contribution in [0.4, 0.5) is 5.82 Å². The molecule has 0 bridgehead atoms. The predicted octanol–water partition coefficient (Wildman–Crippen LogP) is 2.86. The van der Waals surface area contributed by atoms with Crippen molar-refractivity contribution >= 4 is 11.8 Å². The Bertz CT molecular complexity index is 403. The molecule has 0 spiro atoms. The Balaban J connectivity index is 1.93. The fraction of sp³-hybridized carbons (Fsp3) is 0.571. The number of nitrogens with one attached hydrogen (secondary N) is 1. The molecule has 1 N–H and O–H groups in total. The van der Waals surface area contributed by atoms with E-state index in [1.54, 1.807) is 19.2 Å². The van der Waals surface area contributed by atoms with Crippen molar-refractivity contribution in [2.24, 2.45) is 5.92 Å². The van der Waals surface area contributed by atoms with Gasteiger partial charge in [0, 0.05) is 12.2 Å². The number of pyridine rings is 1. The second kappa shape index (κ2) is 5.85. The molecular weight excluding hydrogens is 228 g/mol. The molecule has 4 heteroatoms. The number of carbonyl (C=O) groups excluding carboxylic acids is 1. The molecule has 4 nitrogen and oxygen atoms in total. The van der Waals surface area contributed by atoms with E-state index in [-0.39, 0.29) is 5.97 Å². The quantitative estimate of drug-likeness (QED) is 0.832. The number of ether oxygens (including phenoxy) is 1. The third kappa shape index (κ3) is 3.22. The van der Waals surface area contributed by atoms with Crippen LogP contribution in [0, 0.1) is 5.92 Å². The van der Waals surface area contributed by atoms with Gasteiger partial charge in [0.2, 0.25) is 0 Å². The van der Waals surface area contributed by atoms with E-state index >= 15 is 0 Å². The van der Waals surface area contributed by atoms with E-state index in [0.29, 0.717) is 18.2 Å². The Labute approximate surface area is 108 Å². The van der Waals surface area contributed by atoms with Crippen molar-refractivity contribution in [3.05, 3.63) is 23.9 Å². The summed E-state index contributed by atoms with van der Waals surface area (Å²) in [6, 6.07) is 4.11. The summed E-state index contributed by atoms with van der Waals surface area (Å²) < 4.78 is 4.92. The molecule has 0 amide bonds. The Morgan fingerprint density at radius 3 is 2.89 bits per heavy atom. The summed E-state index contributed by atoms with van der Waals surface area (Å²) in [7, 11) is 0. The van der Waals surface area contributed by atoms with E-state index in [1.165, 1.54) is 19.3 Å². The summed E-state index contributed by atoms with van der Waals surface area (Å²) in [6.07, 6.45) is 5.24. The third-order valence-corrected chi connectivity index (χ3v) is 3.32. The summed E-state index contributed by atoms with van der Waals surface area (Å²) in [5, 5.41) is 3.41. The molecule has 18 heavy (non-hydrogen) atoms. The number of aromatic nitrogens is 1. The van der Waals surface area contributed by atoms with Crippen molar-refractivity contribution in [2.45, 2.75) is 39.2 Å². The number of nitrogens with zero attached hydrogens (tertiary/aromatic N) is 1.